The van der Waals surface area contributed by atoms with Crippen LogP contribution in [0, 0.1) is 0 Å². The molecule has 28 heavy (non-hydrogen) atoms. The number of esters is 1. The summed E-state index contributed by atoms with van der Waals surface area (Å²) in [5, 5.41) is 1.83. The third kappa shape index (κ3) is 5.81. The number of ether oxygens (including phenoxy) is 1. The van der Waals surface area contributed by atoms with Crippen molar-refractivity contribution >= 4 is 50.9 Å². The zero-order chi connectivity index (χ0) is 19.9. The summed E-state index contributed by atoms with van der Waals surface area (Å²) >= 11 is 4.24. The highest BCUT2D eigenvalue weighted by molar-refractivity contribution is 9.10. The van der Waals surface area contributed by atoms with Crippen molar-refractivity contribution in [2.75, 3.05) is 0 Å². The number of benzene rings is 2. The molecule has 1 fully saturated rings. The van der Waals surface area contributed by atoms with Gasteiger partial charge >= 0.3 is 5.97 Å². The first-order valence-electron chi connectivity index (χ1n) is 8.80. The topological polar surface area (TPSA) is 72.5 Å². The molecular formula is C21H18BrNO4S. The molecule has 5 nitrogen and oxygen atoms in total. The van der Waals surface area contributed by atoms with Gasteiger partial charge in [-0.25, -0.2) is 0 Å². The zero-order valence-electron chi connectivity index (χ0n) is 14.9. The van der Waals surface area contributed by atoms with Crippen molar-refractivity contribution in [1.29, 1.82) is 0 Å². The molecule has 1 aliphatic rings. The first-order chi connectivity index (χ1) is 13.5. The molecule has 0 bridgehead atoms. The third-order valence-corrected chi connectivity index (χ3v) is 5.49. The van der Waals surface area contributed by atoms with Gasteiger partial charge in [-0.15, -0.1) is 0 Å². The van der Waals surface area contributed by atoms with Crippen LogP contribution in [0.4, 0.5) is 4.79 Å². The van der Waals surface area contributed by atoms with Crippen LogP contribution in [0.1, 0.15) is 30.4 Å². The molecule has 1 N–H and O–H groups in total. The van der Waals surface area contributed by atoms with Crippen molar-refractivity contribution in [1.82, 2.24) is 5.32 Å². The first kappa shape index (κ1) is 20.4. The number of hydrogen-bond acceptors (Lipinski definition) is 5. The Morgan fingerprint density at radius 2 is 1.89 bits per heavy atom. The van der Waals surface area contributed by atoms with Crippen LogP contribution < -0.4 is 10.1 Å². The Kier molecular flexibility index (Phi) is 7.06. The van der Waals surface area contributed by atoms with E-state index in [1.807, 2.05) is 18.2 Å². The lowest BCUT2D eigenvalue weighted by atomic mass is 10.1. The van der Waals surface area contributed by atoms with Gasteiger partial charge in [0.2, 0.25) is 0 Å². The summed E-state index contributed by atoms with van der Waals surface area (Å²) in [6.07, 6.45) is 4.59. The van der Waals surface area contributed by atoms with Crippen LogP contribution in [-0.4, -0.2) is 17.1 Å². The van der Waals surface area contributed by atoms with Crippen molar-refractivity contribution in [2.24, 2.45) is 0 Å². The van der Waals surface area contributed by atoms with Crippen LogP contribution in [0.25, 0.3) is 6.08 Å². The highest BCUT2D eigenvalue weighted by Gasteiger charge is 2.25. The molecule has 2 amide bonds. The lowest BCUT2D eigenvalue weighted by Gasteiger charge is -2.07. The normalized spacial score (nSPS) is 15.0. The molecule has 3 rings (SSSR count). The van der Waals surface area contributed by atoms with Gasteiger partial charge in [0.05, 0.1) is 9.38 Å². The molecule has 0 aliphatic carbocycles. The van der Waals surface area contributed by atoms with Gasteiger partial charge in [-0.05, 0) is 76.3 Å². The minimum atomic E-state index is -0.405. The van der Waals surface area contributed by atoms with Gasteiger partial charge in [-0.1, -0.05) is 36.4 Å². The second-order valence-electron chi connectivity index (χ2n) is 6.21. The highest BCUT2D eigenvalue weighted by atomic mass is 79.9. The Morgan fingerprint density at radius 1 is 1.11 bits per heavy atom. The zero-order valence-corrected chi connectivity index (χ0v) is 17.3. The van der Waals surface area contributed by atoms with Crippen molar-refractivity contribution in [3.63, 3.8) is 0 Å². The average molecular weight is 460 g/mol. The van der Waals surface area contributed by atoms with E-state index in [9.17, 15) is 14.4 Å². The maximum absolute atomic E-state index is 12.1. The number of carbonyl (C=O) groups is 3. The summed E-state index contributed by atoms with van der Waals surface area (Å²) in [5.41, 5.74) is 1.99. The summed E-state index contributed by atoms with van der Waals surface area (Å²) in [4.78, 5) is 35.2. The summed E-state index contributed by atoms with van der Waals surface area (Å²) < 4.78 is 6.02. The van der Waals surface area contributed by atoms with Gasteiger partial charge in [0, 0.05) is 6.42 Å². The smallest absolute Gasteiger partial charge is 0.311 e. The third-order valence-electron chi connectivity index (χ3n) is 4.06. The minimum absolute atomic E-state index is 0.281. The molecule has 0 aromatic heterocycles. The van der Waals surface area contributed by atoms with Crippen molar-refractivity contribution in [2.45, 2.75) is 25.7 Å². The van der Waals surface area contributed by atoms with Crippen LogP contribution in [0.2, 0.25) is 0 Å². The standard InChI is InChI=1S/C21H18BrNO4S/c22-16-12-15(13-18-20(25)23-21(26)28-18)10-11-17(16)27-19(24)9-5-4-8-14-6-2-1-3-7-14/h1-3,6-7,10-13H,4-5,8-9H2,(H,23,25,26). The number of amides is 2. The van der Waals surface area contributed by atoms with E-state index >= 15 is 0 Å². The van der Waals surface area contributed by atoms with E-state index in [1.165, 1.54) is 5.56 Å². The number of nitrogens with one attached hydrogen (secondary N) is 1. The van der Waals surface area contributed by atoms with Crippen LogP contribution in [0.3, 0.4) is 0 Å². The van der Waals surface area contributed by atoms with E-state index < -0.39 is 5.91 Å². The molecule has 0 spiro atoms. The summed E-state index contributed by atoms with van der Waals surface area (Å²) in [6, 6.07) is 15.3. The van der Waals surface area contributed by atoms with Crippen LogP contribution in [0.15, 0.2) is 57.9 Å². The van der Waals surface area contributed by atoms with E-state index in [0.717, 1.165) is 36.6 Å². The summed E-state index contributed by atoms with van der Waals surface area (Å²) in [7, 11) is 0. The lowest BCUT2D eigenvalue weighted by molar-refractivity contribution is -0.134. The molecule has 0 unspecified atom stereocenters. The van der Waals surface area contributed by atoms with E-state index in [2.05, 4.69) is 33.4 Å². The predicted molar refractivity (Wildman–Crippen MR) is 113 cm³/mol. The van der Waals surface area contributed by atoms with Crippen molar-refractivity contribution < 1.29 is 19.1 Å². The van der Waals surface area contributed by atoms with Gasteiger partial charge in [-0.3, -0.25) is 19.7 Å². The van der Waals surface area contributed by atoms with Gasteiger partial charge in [0.25, 0.3) is 11.1 Å². The number of imide groups is 1. The SMILES string of the molecule is O=C(CCCCc1ccccc1)Oc1ccc(C=C2SC(=O)NC2=O)cc1Br. The molecule has 2 aromatic carbocycles. The number of hydrogen-bond donors (Lipinski definition) is 1. The summed E-state index contributed by atoms with van der Waals surface area (Å²) in [5.74, 6) is -0.261. The molecule has 7 heteroatoms. The minimum Gasteiger partial charge on any atom is -0.425 e. The number of rotatable bonds is 7. The molecule has 0 radical (unpaired) electrons. The van der Waals surface area contributed by atoms with E-state index in [-0.39, 0.29) is 11.2 Å². The fourth-order valence-electron chi connectivity index (χ4n) is 2.68. The number of thioether (sulfide) groups is 1. The second-order valence-corrected chi connectivity index (χ2v) is 8.08. The maximum atomic E-state index is 12.1. The Labute approximate surface area is 175 Å². The van der Waals surface area contributed by atoms with Gasteiger partial charge in [0.1, 0.15) is 5.75 Å². The van der Waals surface area contributed by atoms with E-state index in [0.29, 0.717) is 21.5 Å². The molecule has 1 aliphatic heterocycles. The van der Waals surface area contributed by atoms with Crippen LogP contribution in [-0.2, 0) is 16.0 Å². The molecule has 2 aromatic rings. The van der Waals surface area contributed by atoms with E-state index in [4.69, 9.17) is 4.74 Å². The first-order valence-corrected chi connectivity index (χ1v) is 10.4. The van der Waals surface area contributed by atoms with Crippen LogP contribution in [0.5, 0.6) is 5.75 Å². The lowest BCUT2D eigenvalue weighted by Crippen LogP contribution is -2.17. The molecule has 1 heterocycles. The largest absolute Gasteiger partial charge is 0.425 e. The molecule has 0 saturated carbocycles. The summed E-state index contributed by atoms with van der Waals surface area (Å²) in [6.45, 7) is 0. The van der Waals surface area contributed by atoms with Crippen molar-refractivity contribution in [3.8, 4) is 5.75 Å². The number of unbranched alkanes of at least 4 members (excludes halogenated alkanes) is 1. The fourth-order valence-corrected chi connectivity index (χ4v) is 3.84. The maximum Gasteiger partial charge on any atom is 0.311 e. The highest BCUT2D eigenvalue weighted by Crippen LogP contribution is 2.30. The van der Waals surface area contributed by atoms with Crippen molar-refractivity contribution in [3.05, 3.63) is 69.0 Å². The average Bonchev–Trinajstić information content (AvgIpc) is 2.99. The van der Waals surface area contributed by atoms with Gasteiger partial charge < -0.3 is 4.74 Å². The Hall–Kier alpha value is -2.38. The molecule has 144 valence electrons. The molecule has 0 atom stereocenters. The quantitative estimate of drug-likeness (QED) is 0.270. The Balaban J connectivity index is 1.50. The van der Waals surface area contributed by atoms with Gasteiger partial charge in [-0.2, -0.15) is 0 Å². The second kappa shape index (κ2) is 9.71. The number of aryl methyl sites for hydroxylation is 1. The van der Waals surface area contributed by atoms with Crippen LogP contribution >= 0.6 is 27.7 Å². The Morgan fingerprint density at radius 3 is 2.57 bits per heavy atom. The number of carbonyl (C=O) groups excluding carboxylic acids is 3. The van der Waals surface area contributed by atoms with E-state index in [1.54, 1.807) is 24.3 Å². The monoisotopic (exact) mass is 459 g/mol. The number of halogens is 1. The van der Waals surface area contributed by atoms with Gasteiger partial charge in [0.15, 0.2) is 0 Å². The molecular weight excluding hydrogens is 442 g/mol. The Bertz CT molecular complexity index is 927. The predicted octanol–water partition coefficient (Wildman–Crippen LogP) is 5.09. The fraction of sp³-hybridized carbons (Fsp3) is 0.190. The molecule has 1 saturated heterocycles.